The van der Waals surface area contributed by atoms with Gasteiger partial charge in [-0.15, -0.1) is 0 Å². The lowest BCUT2D eigenvalue weighted by atomic mass is 9.80. The quantitative estimate of drug-likeness (QED) is 0.909. The number of hydrogen-bond acceptors (Lipinski definition) is 6. The molecule has 1 N–H and O–H groups in total. The number of carboxylic acid groups (broad SMARTS) is 1. The van der Waals surface area contributed by atoms with E-state index in [1.165, 1.54) is 0 Å². The van der Waals surface area contributed by atoms with Gasteiger partial charge in [0, 0.05) is 31.7 Å². The number of aliphatic carboxylic acids is 1. The SMILES string of the molecule is CC(C)(C)c1nc(N2C[C@H](C(=O)O)[C@@H](C3CCOCC3)C2)no1. The van der Waals surface area contributed by atoms with Crippen LogP contribution in [0.4, 0.5) is 5.95 Å². The fourth-order valence-corrected chi connectivity index (χ4v) is 3.52. The van der Waals surface area contributed by atoms with Crippen LogP contribution in [-0.2, 0) is 14.9 Å². The first kappa shape index (κ1) is 16.2. The van der Waals surface area contributed by atoms with E-state index in [0.717, 1.165) is 26.1 Å². The van der Waals surface area contributed by atoms with Crippen LogP contribution in [-0.4, -0.2) is 47.5 Å². The minimum absolute atomic E-state index is 0.119. The van der Waals surface area contributed by atoms with Crippen molar-refractivity contribution in [2.45, 2.75) is 39.0 Å². The Morgan fingerprint density at radius 1 is 1.26 bits per heavy atom. The first-order valence-electron chi connectivity index (χ1n) is 8.26. The standard InChI is InChI=1S/C16H25N3O4/c1-16(2,3)14-17-15(18-23-14)19-8-11(12(9-19)13(20)21)10-4-6-22-7-5-10/h10-12H,4-9H2,1-3H3,(H,20,21)/t11-,12+/m1/s1. The van der Waals surface area contributed by atoms with Crippen molar-refractivity contribution < 1.29 is 19.2 Å². The van der Waals surface area contributed by atoms with Gasteiger partial charge < -0.3 is 19.3 Å². The Labute approximate surface area is 136 Å². The number of nitrogens with zero attached hydrogens (tertiary/aromatic N) is 3. The Bertz CT molecular complexity index is 560. The zero-order valence-corrected chi connectivity index (χ0v) is 14.0. The average molecular weight is 323 g/mol. The number of anilines is 1. The van der Waals surface area contributed by atoms with Gasteiger partial charge in [-0.2, -0.15) is 4.98 Å². The van der Waals surface area contributed by atoms with Gasteiger partial charge in [-0.05, 0) is 29.8 Å². The van der Waals surface area contributed by atoms with Crippen LogP contribution in [0.5, 0.6) is 0 Å². The number of hydrogen-bond donors (Lipinski definition) is 1. The van der Waals surface area contributed by atoms with Crippen LogP contribution in [0.3, 0.4) is 0 Å². The van der Waals surface area contributed by atoms with Gasteiger partial charge in [-0.3, -0.25) is 4.79 Å². The summed E-state index contributed by atoms with van der Waals surface area (Å²) in [6.45, 7) is 8.61. The third-order valence-electron chi connectivity index (χ3n) is 4.89. The van der Waals surface area contributed by atoms with E-state index in [1.54, 1.807) is 0 Å². The maximum absolute atomic E-state index is 11.7. The highest BCUT2D eigenvalue weighted by Crippen LogP contribution is 2.37. The summed E-state index contributed by atoms with van der Waals surface area (Å²) in [4.78, 5) is 18.1. The molecular weight excluding hydrogens is 298 g/mol. The Hall–Kier alpha value is -1.63. The summed E-state index contributed by atoms with van der Waals surface area (Å²) in [7, 11) is 0. The van der Waals surface area contributed by atoms with Gasteiger partial charge in [0.2, 0.25) is 5.89 Å². The van der Waals surface area contributed by atoms with Crippen LogP contribution in [0, 0.1) is 17.8 Å². The van der Waals surface area contributed by atoms with Crippen molar-refractivity contribution in [1.82, 2.24) is 10.1 Å². The van der Waals surface area contributed by atoms with Crippen molar-refractivity contribution in [1.29, 1.82) is 0 Å². The van der Waals surface area contributed by atoms with Crippen LogP contribution in [0.1, 0.15) is 39.5 Å². The molecule has 0 amide bonds. The van der Waals surface area contributed by atoms with E-state index in [-0.39, 0.29) is 17.3 Å². The molecule has 3 rings (SSSR count). The van der Waals surface area contributed by atoms with Crippen LogP contribution in [0.25, 0.3) is 0 Å². The van der Waals surface area contributed by atoms with Crippen molar-refractivity contribution in [3.05, 3.63) is 5.89 Å². The Balaban J connectivity index is 1.77. The summed E-state index contributed by atoms with van der Waals surface area (Å²) in [5.41, 5.74) is -0.211. The summed E-state index contributed by atoms with van der Waals surface area (Å²) in [5, 5.41) is 13.7. The van der Waals surface area contributed by atoms with E-state index < -0.39 is 5.97 Å². The van der Waals surface area contributed by atoms with E-state index >= 15 is 0 Å². The molecule has 2 fully saturated rings. The second-order valence-corrected chi connectivity index (χ2v) is 7.61. The highest BCUT2D eigenvalue weighted by atomic mass is 16.5. The van der Waals surface area contributed by atoms with Crippen molar-refractivity contribution in [3.8, 4) is 0 Å². The van der Waals surface area contributed by atoms with E-state index in [2.05, 4.69) is 10.1 Å². The van der Waals surface area contributed by atoms with Crippen LogP contribution in [0.2, 0.25) is 0 Å². The van der Waals surface area contributed by atoms with E-state index in [1.807, 2.05) is 25.7 Å². The molecule has 1 aromatic rings. The predicted octanol–water partition coefficient (Wildman–Crippen LogP) is 1.93. The van der Waals surface area contributed by atoms with E-state index in [0.29, 0.717) is 30.8 Å². The Morgan fingerprint density at radius 3 is 2.52 bits per heavy atom. The maximum Gasteiger partial charge on any atom is 0.308 e. The summed E-state index contributed by atoms with van der Waals surface area (Å²) < 4.78 is 10.8. The molecule has 1 aromatic heterocycles. The lowest BCUT2D eigenvalue weighted by molar-refractivity contribution is -0.143. The van der Waals surface area contributed by atoms with Gasteiger partial charge >= 0.3 is 5.97 Å². The second-order valence-electron chi connectivity index (χ2n) is 7.61. The molecule has 0 aromatic carbocycles. The van der Waals surface area contributed by atoms with E-state index in [9.17, 15) is 9.90 Å². The molecule has 0 unspecified atom stereocenters. The minimum atomic E-state index is -0.733. The Morgan fingerprint density at radius 2 is 1.96 bits per heavy atom. The number of carboxylic acids is 1. The van der Waals surface area contributed by atoms with Crippen LogP contribution >= 0.6 is 0 Å². The van der Waals surface area contributed by atoms with E-state index in [4.69, 9.17) is 9.26 Å². The zero-order chi connectivity index (χ0) is 16.6. The van der Waals surface area contributed by atoms with Crippen molar-refractivity contribution in [3.63, 3.8) is 0 Å². The highest BCUT2D eigenvalue weighted by molar-refractivity contribution is 5.72. The summed E-state index contributed by atoms with van der Waals surface area (Å²) in [5.74, 6) is 0.486. The molecule has 23 heavy (non-hydrogen) atoms. The maximum atomic E-state index is 11.7. The van der Waals surface area contributed by atoms with Gasteiger partial charge in [-0.25, -0.2) is 0 Å². The molecule has 2 atom stereocenters. The van der Waals surface area contributed by atoms with Crippen molar-refractivity contribution >= 4 is 11.9 Å². The average Bonchev–Trinajstić information content (AvgIpc) is 3.14. The minimum Gasteiger partial charge on any atom is -0.481 e. The normalized spacial score (nSPS) is 26.7. The number of carbonyl (C=O) groups is 1. The van der Waals surface area contributed by atoms with Gasteiger partial charge in [0.1, 0.15) is 0 Å². The molecule has 128 valence electrons. The van der Waals surface area contributed by atoms with Crippen LogP contribution in [0.15, 0.2) is 4.52 Å². The number of ether oxygens (including phenoxy) is 1. The first-order valence-corrected chi connectivity index (χ1v) is 8.26. The lowest BCUT2D eigenvalue weighted by Gasteiger charge is -2.29. The molecule has 0 bridgehead atoms. The molecule has 3 heterocycles. The predicted molar refractivity (Wildman–Crippen MR) is 83.4 cm³/mol. The van der Waals surface area contributed by atoms with Gasteiger partial charge in [-0.1, -0.05) is 20.8 Å². The highest BCUT2D eigenvalue weighted by Gasteiger charge is 2.43. The lowest BCUT2D eigenvalue weighted by Crippen LogP contribution is -2.31. The van der Waals surface area contributed by atoms with Crippen molar-refractivity contribution in [2.75, 3.05) is 31.2 Å². The fourth-order valence-electron chi connectivity index (χ4n) is 3.52. The van der Waals surface area contributed by atoms with Gasteiger partial charge in [0.15, 0.2) is 0 Å². The molecule has 0 saturated carbocycles. The zero-order valence-electron chi connectivity index (χ0n) is 14.0. The third-order valence-corrected chi connectivity index (χ3v) is 4.89. The van der Waals surface area contributed by atoms with Crippen molar-refractivity contribution in [2.24, 2.45) is 17.8 Å². The molecule has 0 aliphatic carbocycles. The summed E-state index contributed by atoms with van der Waals surface area (Å²) >= 11 is 0. The first-order chi connectivity index (χ1) is 10.9. The second kappa shape index (κ2) is 6.11. The molecule has 0 spiro atoms. The summed E-state index contributed by atoms with van der Waals surface area (Å²) in [6, 6.07) is 0. The Kier molecular flexibility index (Phi) is 4.31. The number of rotatable bonds is 3. The molecule has 2 saturated heterocycles. The van der Waals surface area contributed by atoms with Gasteiger partial charge in [0.05, 0.1) is 5.92 Å². The third kappa shape index (κ3) is 3.34. The molecule has 7 nitrogen and oxygen atoms in total. The molecule has 2 aliphatic rings. The smallest absolute Gasteiger partial charge is 0.308 e. The summed E-state index contributed by atoms with van der Waals surface area (Å²) in [6.07, 6.45) is 1.86. The molecular formula is C16H25N3O4. The van der Waals surface area contributed by atoms with Crippen LogP contribution < -0.4 is 4.90 Å². The number of aromatic nitrogens is 2. The fraction of sp³-hybridized carbons (Fsp3) is 0.812. The van der Waals surface area contributed by atoms with Gasteiger partial charge in [0.25, 0.3) is 5.95 Å². The largest absolute Gasteiger partial charge is 0.481 e. The topological polar surface area (TPSA) is 88.7 Å². The molecule has 7 heteroatoms. The monoisotopic (exact) mass is 323 g/mol. The molecule has 2 aliphatic heterocycles. The molecule has 0 radical (unpaired) electrons.